The minimum atomic E-state index is -0.160. The molecule has 0 radical (unpaired) electrons. The van der Waals surface area contributed by atoms with E-state index in [0.29, 0.717) is 0 Å². The maximum Gasteiger partial charge on any atom is 0.0588 e. The summed E-state index contributed by atoms with van der Waals surface area (Å²) in [5.41, 5.74) is 14.1. The van der Waals surface area contributed by atoms with E-state index < -0.39 is 0 Å². The van der Waals surface area contributed by atoms with Crippen LogP contribution in [-0.2, 0) is 5.41 Å². The third-order valence-electron chi connectivity index (χ3n) is 15.3. The second-order valence-electron chi connectivity index (χ2n) is 19.1. The Balaban J connectivity index is 0.971. The van der Waals surface area contributed by atoms with Crippen molar-refractivity contribution in [3.05, 3.63) is 223 Å². The van der Waals surface area contributed by atoms with Crippen LogP contribution in [0, 0.1) is 0 Å². The molecule has 0 spiro atoms. The quantitative estimate of drug-likeness (QED) is 0.123. The van der Waals surface area contributed by atoms with E-state index in [4.69, 9.17) is 0 Å². The standard InChI is InChI=1S/C65H41NS/c1-65(2)57-27-15-14-22-45(57)50-30-31-51-54-34-38(28-32-58(54)66(64(51)63(50)65)40-16-4-3-5-17-40)61-46-23-10-12-25-48(46)62(49-26-13-11-24-47(49)61)39-29-33-59-55(35-39)56-36-52-43-20-8-6-18-41(43)42-19-7-9-21-44(42)53(52)37-60(56)67-59/h3-37H,1-2H3. The van der Waals surface area contributed by atoms with Gasteiger partial charge in [0.2, 0.25) is 0 Å². The molecule has 15 rings (SSSR count). The van der Waals surface area contributed by atoms with Crippen molar-refractivity contribution in [1.29, 1.82) is 0 Å². The van der Waals surface area contributed by atoms with E-state index >= 15 is 0 Å². The Labute approximate surface area is 391 Å². The maximum atomic E-state index is 2.53. The maximum absolute atomic E-state index is 2.53. The van der Waals surface area contributed by atoms with Crippen molar-refractivity contribution in [3.63, 3.8) is 0 Å². The largest absolute Gasteiger partial charge is 0.309 e. The van der Waals surface area contributed by atoms with Gasteiger partial charge in [0.25, 0.3) is 0 Å². The molecule has 1 nitrogen and oxygen atoms in total. The molecule has 12 aromatic carbocycles. The first kappa shape index (κ1) is 37.2. The second kappa shape index (κ2) is 13.5. The van der Waals surface area contributed by atoms with Crippen LogP contribution in [0.4, 0.5) is 0 Å². The van der Waals surface area contributed by atoms with Crippen molar-refractivity contribution in [1.82, 2.24) is 4.57 Å². The van der Waals surface area contributed by atoms with Gasteiger partial charge in [0.15, 0.2) is 0 Å². The Morgan fingerprint density at radius 2 is 0.851 bits per heavy atom. The Morgan fingerprint density at radius 1 is 0.343 bits per heavy atom. The van der Waals surface area contributed by atoms with Gasteiger partial charge in [-0.25, -0.2) is 0 Å². The van der Waals surface area contributed by atoms with Crippen molar-refractivity contribution < 1.29 is 0 Å². The van der Waals surface area contributed by atoms with Gasteiger partial charge >= 0.3 is 0 Å². The number of para-hydroxylation sites is 1. The third kappa shape index (κ3) is 5.03. The number of hydrogen-bond acceptors (Lipinski definition) is 1. The number of rotatable bonds is 3. The lowest BCUT2D eigenvalue weighted by molar-refractivity contribution is 0.664. The Kier molecular flexibility index (Phi) is 7.51. The summed E-state index contributed by atoms with van der Waals surface area (Å²) in [6.07, 6.45) is 0. The molecule has 14 aromatic rings. The van der Waals surface area contributed by atoms with E-state index in [0.717, 1.165) is 0 Å². The molecule has 0 bridgehead atoms. The van der Waals surface area contributed by atoms with Gasteiger partial charge in [-0.15, -0.1) is 11.3 Å². The van der Waals surface area contributed by atoms with Gasteiger partial charge in [0, 0.05) is 42.0 Å². The fraction of sp³-hybridized carbons (Fsp3) is 0.0462. The SMILES string of the molecule is CC1(C)c2ccccc2-c2ccc3c4cc(-c5c6ccccc6c(-c6ccc7sc8cc9c%10ccccc%10c%10ccccc%10c9cc8c7c6)c6ccccc56)ccc4n(-c4ccccc4)c3c21. The molecule has 2 aromatic heterocycles. The lowest BCUT2D eigenvalue weighted by atomic mass is 9.81. The molecule has 67 heavy (non-hydrogen) atoms. The van der Waals surface area contributed by atoms with Gasteiger partial charge in [-0.2, -0.15) is 0 Å². The highest BCUT2D eigenvalue weighted by Crippen LogP contribution is 2.54. The van der Waals surface area contributed by atoms with Crippen molar-refractivity contribution in [2.24, 2.45) is 0 Å². The van der Waals surface area contributed by atoms with E-state index in [1.165, 1.54) is 146 Å². The molecule has 0 unspecified atom stereocenters. The lowest BCUT2D eigenvalue weighted by Gasteiger charge is -2.23. The molecule has 0 fully saturated rings. The zero-order valence-electron chi connectivity index (χ0n) is 37.1. The molecule has 0 aliphatic heterocycles. The van der Waals surface area contributed by atoms with Crippen molar-refractivity contribution in [2.45, 2.75) is 19.3 Å². The van der Waals surface area contributed by atoms with Crippen LogP contribution in [0.5, 0.6) is 0 Å². The van der Waals surface area contributed by atoms with E-state index in [-0.39, 0.29) is 5.41 Å². The van der Waals surface area contributed by atoms with E-state index in [1.807, 2.05) is 11.3 Å². The van der Waals surface area contributed by atoms with Gasteiger partial charge in [-0.05, 0) is 147 Å². The van der Waals surface area contributed by atoms with Crippen LogP contribution in [0.2, 0.25) is 0 Å². The summed E-state index contributed by atoms with van der Waals surface area (Å²) in [6, 6.07) is 80.0. The highest BCUT2D eigenvalue weighted by molar-refractivity contribution is 7.25. The Bertz CT molecular complexity index is 4410. The van der Waals surface area contributed by atoms with Crippen molar-refractivity contribution in [2.75, 3.05) is 0 Å². The fourth-order valence-electron chi connectivity index (χ4n) is 12.4. The van der Waals surface area contributed by atoms with Crippen LogP contribution in [0.3, 0.4) is 0 Å². The van der Waals surface area contributed by atoms with Gasteiger partial charge in [-0.1, -0.05) is 178 Å². The lowest BCUT2D eigenvalue weighted by Crippen LogP contribution is -2.16. The summed E-state index contributed by atoms with van der Waals surface area (Å²) < 4.78 is 5.17. The van der Waals surface area contributed by atoms with E-state index in [2.05, 4.69) is 231 Å². The monoisotopic (exact) mass is 867 g/mol. The zero-order chi connectivity index (χ0) is 44.1. The highest BCUT2D eigenvalue weighted by atomic mass is 32.1. The molecule has 0 atom stereocenters. The summed E-state index contributed by atoms with van der Waals surface area (Å²) in [7, 11) is 0. The van der Waals surface area contributed by atoms with Crippen LogP contribution in [0.1, 0.15) is 25.0 Å². The average molecular weight is 868 g/mol. The van der Waals surface area contributed by atoms with Crippen LogP contribution in [-0.4, -0.2) is 4.57 Å². The summed E-state index contributed by atoms with van der Waals surface area (Å²) in [5, 5.41) is 18.1. The molecule has 2 heteroatoms. The summed E-state index contributed by atoms with van der Waals surface area (Å²) >= 11 is 1.90. The van der Waals surface area contributed by atoms with Crippen LogP contribution >= 0.6 is 11.3 Å². The predicted octanol–water partition coefficient (Wildman–Crippen LogP) is 18.6. The number of hydrogen-bond donors (Lipinski definition) is 0. The molecule has 312 valence electrons. The van der Waals surface area contributed by atoms with Crippen LogP contribution in [0.25, 0.3) is 135 Å². The molecule has 0 saturated carbocycles. The molecule has 0 N–H and O–H groups in total. The number of aromatic nitrogens is 1. The van der Waals surface area contributed by atoms with E-state index in [1.54, 1.807) is 0 Å². The van der Waals surface area contributed by atoms with Gasteiger partial charge in [0.05, 0.1) is 11.0 Å². The van der Waals surface area contributed by atoms with Crippen LogP contribution in [0.15, 0.2) is 212 Å². The number of benzene rings is 12. The van der Waals surface area contributed by atoms with Gasteiger partial charge in [0.1, 0.15) is 0 Å². The summed E-state index contributed by atoms with van der Waals surface area (Å²) in [6.45, 7) is 4.80. The Hall–Kier alpha value is -8.04. The summed E-state index contributed by atoms with van der Waals surface area (Å²) in [5.74, 6) is 0. The molecule has 0 amide bonds. The molecule has 1 aliphatic carbocycles. The first-order valence-corrected chi connectivity index (χ1v) is 24.2. The van der Waals surface area contributed by atoms with Crippen molar-refractivity contribution >= 4 is 107 Å². The number of thiophene rings is 1. The molecular formula is C65H41NS. The first-order valence-electron chi connectivity index (χ1n) is 23.4. The predicted molar refractivity (Wildman–Crippen MR) is 290 cm³/mol. The number of nitrogens with zero attached hydrogens (tertiary/aromatic N) is 1. The van der Waals surface area contributed by atoms with E-state index in [9.17, 15) is 0 Å². The average Bonchev–Trinajstić information content (AvgIpc) is 3.99. The minimum absolute atomic E-state index is 0.160. The molecule has 1 aliphatic rings. The third-order valence-corrected chi connectivity index (χ3v) is 16.4. The summed E-state index contributed by atoms with van der Waals surface area (Å²) in [4.78, 5) is 0. The number of fused-ring (bicyclic) bond motifs is 18. The molecular weight excluding hydrogens is 827 g/mol. The zero-order valence-corrected chi connectivity index (χ0v) is 37.9. The molecule has 2 heterocycles. The Morgan fingerprint density at radius 3 is 1.49 bits per heavy atom. The first-order chi connectivity index (χ1) is 33.0. The van der Waals surface area contributed by atoms with Gasteiger partial charge < -0.3 is 4.57 Å². The second-order valence-corrected chi connectivity index (χ2v) is 20.2. The van der Waals surface area contributed by atoms with Crippen LogP contribution < -0.4 is 0 Å². The highest BCUT2D eigenvalue weighted by Gasteiger charge is 2.38. The minimum Gasteiger partial charge on any atom is -0.309 e. The molecule has 0 saturated heterocycles. The normalized spacial score (nSPS) is 13.3. The van der Waals surface area contributed by atoms with Crippen molar-refractivity contribution in [3.8, 4) is 39.1 Å². The van der Waals surface area contributed by atoms with Gasteiger partial charge in [-0.3, -0.25) is 0 Å². The smallest absolute Gasteiger partial charge is 0.0588 e. The topological polar surface area (TPSA) is 4.93 Å². The fourth-order valence-corrected chi connectivity index (χ4v) is 13.6.